The average Bonchev–Trinajstić information content (AvgIpc) is 2.72. The molecule has 0 radical (unpaired) electrons. The molecule has 1 aromatic heterocycles. The van der Waals surface area contributed by atoms with Gasteiger partial charge in [0.05, 0.1) is 6.61 Å². The summed E-state index contributed by atoms with van der Waals surface area (Å²) in [6, 6.07) is 5.72. The molecule has 0 spiro atoms. The Balaban J connectivity index is 1.99. The van der Waals surface area contributed by atoms with Crippen molar-refractivity contribution in [1.29, 1.82) is 0 Å². The Labute approximate surface area is 110 Å². The van der Waals surface area contributed by atoms with Gasteiger partial charge in [0.15, 0.2) is 0 Å². The molecular weight excluding hydrogens is 252 g/mol. The lowest BCUT2D eigenvalue weighted by Crippen LogP contribution is -2.26. The van der Waals surface area contributed by atoms with Gasteiger partial charge >= 0.3 is 6.09 Å². The molecule has 0 saturated carbocycles. The fourth-order valence-electron chi connectivity index (χ4n) is 1.84. The van der Waals surface area contributed by atoms with Gasteiger partial charge < -0.3 is 15.0 Å². The number of amides is 1. The summed E-state index contributed by atoms with van der Waals surface area (Å²) in [5.74, 6) is 0. The van der Waals surface area contributed by atoms with E-state index in [0.717, 1.165) is 22.9 Å². The lowest BCUT2D eigenvalue weighted by atomic mass is 10.1. The molecule has 4 nitrogen and oxygen atoms in total. The van der Waals surface area contributed by atoms with E-state index in [-0.39, 0.29) is 6.09 Å². The molecule has 96 valence electrons. The Hall–Kier alpha value is -1.68. The van der Waals surface area contributed by atoms with Gasteiger partial charge in [-0.2, -0.15) is 0 Å². The fourth-order valence-corrected chi connectivity index (χ4v) is 2.01. The molecule has 1 aromatic carbocycles. The van der Waals surface area contributed by atoms with Crippen LogP contribution in [-0.2, 0) is 11.2 Å². The third-order valence-corrected chi connectivity index (χ3v) is 2.90. The van der Waals surface area contributed by atoms with Gasteiger partial charge in [0.25, 0.3) is 0 Å². The maximum absolute atomic E-state index is 11.1. The van der Waals surface area contributed by atoms with E-state index in [1.165, 1.54) is 0 Å². The summed E-state index contributed by atoms with van der Waals surface area (Å²) in [4.78, 5) is 14.3. The van der Waals surface area contributed by atoms with Crippen molar-refractivity contribution in [1.82, 2.24) is 10.3 Å². The second kappa shape index (κ2) is 5.78. The van der Waals surface area contributed by atoms with Gasteiger partial charge in [-0.05, 0) is 37.1 Å². The van der Waals surface area contributed by atoms with Crippen LogP contribution in [0.25, 0.3) is 10.9 Å². The van der Waals surface area contributed by atoms with Crippen molar-refractivity contribution in [2.24, 2.45) is 0 Å². The maximum Gasteiger partial charge on any atom is 0.407 e. The average molecular weight is 267 g/mol. The second-order valence-electron chi connectivity index (χ2n) is 3.90. The summed E-state index contributed by atoms with van der Waals surface area (Å²) >= 11 is 5.97. The number of aromatic nitrogens is 1. The number of fused-ring (bicyclic) bond motifs is 1. The number of hydrogen-bond acceptors (Lipinski definition) is 2. The highest BCUT2D eigenvalue weighted by Gasteiger charge is 2.05. The second-order valence-corrected chi connectivity index (χ2v) is 4.34. The van der Waals surface area contributed by atoms with Crippen LogP contribution < -0.4 is 5.32 Å². The number of halogens is 1. The monoisotopic (exact) mass is 266 g/mol. The molecule has 0 saturated heterocycles. The summed E-state index contributed by atoms with van der Waals surface area (Å²) in [7, 11) is 0. The quantitative estimate of drug-likeness (QED) is 0.893. The predicted octanol–water partition coefficient (Wildman–Crippen LogP) is 3.11. The topological polar surface area (TPSA) is 54.1 Å². The van der Waals surface area contributed by atoms with Crippen LogP contribution in [-0.4, -0.2) is 24.2 Å². The molecule has 2 aromatic rings. The van der Waals surface area contributed by atoms with Crippen LogP contribution in [0.15, 0.2) is 24.4 Å². The summed E-state index contributed by atoms with van der Waals surface area (Å²) in [5, 5.41) is 4.49. The number of H-pyrrole nitrogens is 1. The van der Waals surface area contributed by atoms with Gasteiger partial charge in [0, 0.05) is 28.7 Å². The Bertz CT molecular complexity index is 551. The molecule has 18 heavy (non-hydrogen) atoms. The third kappa shape index (κ3) is 2.96. The molecule has 0 atom stereocenters. The first-order chi connectivity index (χ1) is 8.70. The van der Waals surface area contributed by atoms with E-state index in [0.29, 0.717) is 18.2 Å². The molecule has 0 aliphatic heterocycles. The minimum absolute atomic E-state index is 0.379. The number of benzene rings is 1. The number of carbonyl (C=O) groups excluding carboxylic acids is 1. The zero-order chi connectivity index (χ0) is 13.0. The van der Waals surface area contributed by atoms with E-state index in [9.17, 15) is 4.79 Å². The first-order valence-corrected chi connectivity index (χ1v) is 6.24. The molecule has 1 heterocycles. The molecule has 2 N–H and O–H groups in total. The molecule has 5 heteroatoms. The highest BCUT2D eigenvalue weighted by molar-refractivity contribution is 6.31. The Kier molecular flexibility index (Phi) is 4.10. The predicted molar refractivity (Wildman–Crippen MR) is 72.0 cm³/mol. The zero-order valence-electron chi connectivity index (χ0n) is 10.1. The van der Waals surface area contributed by atoms with E-state index in [2.05, 4.69) is 10.3 Å². The number of hydrogen-bond donors (Lipinski definition) is 2. The number of alkyl carbamates (subject to hydrolysis) is 1. The Morgan fingerprint density at radius 3 is 3.11 bits per heavy atom. The molecule has 0 bridgehead atoms. The lowest BCUT2D eigenvalue weighted by Gasteiger charge is -2.04. The van der Waals surface area contributed by atoms with Crippen molar-refractivity contribution in [3.05, 3.63) is 35.0 Å². The minimum atomic E-state index is -0.379. The fraction of sp³-hybridized carbons (Fsp3) is 0.308. The summed E-state index contributed by atoms with van der Waals surface area (Å²) in [5.41, 5.74) is 2.18. The number of aromatic amines is 1. The van der Waals surface area contributed by atoms with Crippen LogP contribution in [0.4, 0.5) is 4.79 Å². The first kappa shape index (κ1) is 12.8. The summed E-state index contributed by atoms with van der Waals surface area (Å²) < 4.78 is 4.79. The molecule has 1 amide bonds. The van der Waals surface area contributed by atoms with Crippen molar-refractivity contribution in [2.45, 2.75) is 13.3 Å². The van der Waals surface area contributed by atoms with Crippen LogP contribution in [0.5, 0.6) is 0 Å². The summed E-state index contributed by atoms with van der Waals surface area (Å²) in [6.07, 6.45) is 2.29. The van der Waals surface area contributed by atoms with Crippen LogP contribution in [0.3, 0.4) is 0 Å². The minimum Gasteiger partial charge on any atom is -0.450 e. The van der Waals surface area contributed by atoms with Crippen molar-refractivity contribution >= 4 is 28.6 Å². The van der Waals surface area contributed by atoms with Crippen molar-refractivity contribution < 1.29 is 9.53 Å². The van der Waals surface area contributed by atoms with Crippen molar-refractivity contribution in [3.63, 3.8) is 0 Å². The van der Waals surface area contributed by atoms with Crippen LogP contribution in [0.1, 0.15) is 12.5 Å². The lowest BCUT2D eigenvalue weighted by molar-refractivity contribution is 0.152. The van der Waals surface area contributed by atoms with E-state index in [1.807, 2.05) is 24.4 Å². The van der Waals surface area contributed by atoms with Crippen LogP contribution in [0, 0.1) is 0 Å². The highest BCUT2D eigenvalue weighted by Crippen LogP contribution is 2.22. The third-order valence-electron chi connectivity index (χ3n) is 2.67. The Morgan fingerprint density at radius 2 is 2.33 bits per heavy atom. The van der Waals surface area contributed by atoms with E-state index in [4.69, 9.17) is 16.3 Å². The van der Waals surface area contributed by atoms with E-state index >= 15 is 0 Å². The number of carbonyl (C=O) groups is 1. The molecule has 0 unspecified atom stereocenters. The summed E-state index contributed by atoms with van der Waals surface area (Å²) in [6.45, 7) is 2.70. The molecule has 2 rings (SSSR count). The smallest absolute Gasteiger partial charge is 0.407 e. The van der Waals surface area contributed by atoms with E-state index < -0.39 is 0 Å². The van der Waals surface area contributed by atoms with Gasteiger partial charge in [0.1, 0.15) is 0 Å². The maximum atomic E-state index is 11.1. The van der Waals surface area contributed by atoms with Crippen molar-refractivity contribution in [3.8, 4) is 0 Å². The SMILES string of the molecule is CCOC(=O)NCCc1c[nH]c2ccc(Cl)cc12. The van der Waals surface area contributed by atoms with Crippen LogP contribution >= 0.6 is 11.6 Å². The number of nitrogens with one attached hydrogen (secondary N) is 2. The van der Waals surface area contributed by atoms with Crippen LogP contribution in [0.2, 0.25) is 5.02 Å². The van der Waals surface area contributed by atoms with Gasteiger partial charge in [-0.15, -0.1) is 0 Å². The largest absolute Gasteiger partial charge is 0.450 e. The molecule has 0 fully saturated rings. The normalized spacial score (nSPS) is 10.6. The number of ether oxygens (including phenoxy) is 1. The standard InChI is InChI=1S/C13H15ClN2O2/c1-2-18-13(17)15-6-5-9-8-16-12-4-3-10(14)7-11(9)12/h3-4,7-8,16H,2,5-6H2,1H3,(H,15,17). The van der Waals surface area contributed by atoms with Gasteiger partial charge in [-0.25, -0.2) is 4.79 Å². The molecule has 0 aliphatic rings. The van der Waals surface area contributed by atoms with Gasteiger partial charge in [-0.3, -0.25) is 0 Å². The Morgan fingerprint density at radius 1 is 1.50 bits per heavy atom. The zero-order valence-corrected chi connectivity index (χ0v) is 10.9. The van der Waals surface area contributed by atoms with E-state index in [1.54, 1.807) is 6.92 Å². The first-order valence-electron chi connectivity index (χ1n) is 5.87. The molecule has 0 aliphatic carbocycles. The number of rotatable bonds is 4. The molecular formula is C13H15ClN2O2. The highest BCUT2D eigenvalue weighted by atomic mass is 35.5. The van der Waals surface area contributed by atoms with Gasteiger partial charge in [-0.1, -0.05) is 11.6 Å². The van der Waals surface area contributed by atoms with Crippen molar-refractivity contribution in [2.75, 3.05) is 13.2 Å². The van der Waals surface area contributed by atoms with Gasteiger partial charge in [0.2, 0.25) is 0 Å².